The minimum atomic E-state index is -3.67. The van der Waals surface area contributed by atoms with Crippen LogP contribution in [0.3, 0.4) is 0 Å². The summed E-state index contributed by atoms with van der Waals surface area (Å²) >= 11 is 0. The molecule has 0 N–H and O–H groups in total. The zero-order valence-corrected chi connectivity index (χ0v) is 18.2. The molecule has 12 nitrogen and oxygen atoms in total. The highest BCUT2D eigenvalue weighted by atomic mass is 32.2. The molecule has 2 aliphatic rings. The molecule has 0 aliphatic carbocycles. The van der Waals surface area contributed by atoms with Gasteiger partial charge >= 0.3 is 6.09 Å². The number of fused-ring (bicyclic) bond motifs is 1. The molecule has 1 aromatic carbocycles. The summed E-state index contributed by atoms with van der Waals surface area (Å²) in [5.41, 5.74) is 0.553. The van der Waals surface area contributed by atoms with E-state index >= 15 is 0 Å². The van der Waals surface area contributed by atoms with Crippen LogP contribution in [0.1, 0.15) is 12.0 Å². The van der Waals surface area contributed by atoms with Gasteiger partial charge in [0.2, 0.25) is 0 Å². The summed E-state index contributed by atoms with van der Waals surface area (Å²) < 4.78 is 35.6. The minimum Gasteiger partial charge on any atom is -0.445 e. The number of ether oxygens (including phenoxy) is 1. The van der Waals surface area contributed by atoms with Gasteiger partial charge in [-0.25, -0.2) is 9.48 Å². The van der Waals surface area contributed by atoms with Crippen molar-refractivity contribution < 1.29 is 27.1 Å². The summed E-state index contributed by atoms with van der Waals surface area (Å²) in [6, 6.07) is 7.31. The molecule has 32 heavy (non-hydrogen) atoms. The quantitative estimate of drug-likeness (QED) is 0.337. The molecular formula is C19H23N5O7S. The number of carbonyl (C=O) groups is 1. The van der Waals surface area contributed by atoms with Crippen molar-refractivity contribution in [2.75, 3.05) is 30.8 Å². The zero-order valence-electron chi connectivity index (χ0n) is 17.4. The van der Waals surface area contributed by atoms with Crippen LogP contribution >= 0.6 is 0 Å². The first-order valence-electron chi connectivity index (χ1n) is 10.0. The lowest BCUT2D eigenvalue weighted by atomic mass is 10.2. The first-order chi connectivity index (χ1) is 15.2. The number of rotatable bonds is 7. The predicted octanol–water partition coefficient (Wildman–Crippen LogP) is 1.37. The van der Waals surface area contributed by atoms with Crippen LogP contribution in [0.2, 0.25) is 0 Å². The standard InChI is InChI=1S/C19H23N5O7S/c1-32(28,29)31-17-10-16(11-21-8-9-23-18(21)6-7-20-23)22(12-17)19(25)30-13-14-2-4-15(5-3-14)24(26)27/h2-7,16-17H,8-13H2,1H3/t16-,17+/m0/s1. The first kappa shape index (κ1) is 22.0. The van der Waals surface area contributed by atoms with Gasteiger partial charge in [-0.15, -0.1) is 0 Å². The van der Waals surface area contributed by atoms with Gasteiger partial charge in [-0.05, 0) is 24.1 Å². The highest BCUT2D eigenvalue weighted by Crippen LogP contribution is 2.27. The Labute approximate surface area is 184 Å². The molecule has 3 heterocycles. The van der Waals surface area contributed by atoms with Gasteiger partial charge in [-0.1, -0.05) is 0 Å². The second-order valence-corrected chi connectivity index (χ2v) is 9.40. The van der Waals surface area contributed by atoms with Gasteiger partial charge < -0.3 is 14.5 Å². The van der Waals surface area contributed by atoms with Crippen LogP contribution in [-0.2, 0) is 32.2 Å². The van der Waals surface area contributed by atoms with Gasteiger partial charge in [0.15, 0.2) is 0 Å². The smallest absolute Gasteiger partial charge is 0.410 e. The van der Waals surface area contributed by atoms with E-state index in [1.165, 1.54) is 29.2 Å². The van der Waals surface area contributed by atoms with Crippen LogP contribution in [0.15, 0.2) is 36.5 Å². The molecule has 1 aromatic heterocycles. The van der Waals surface area contributed by atoms with Crippen molar-refractivity contribution in [1.29, 1.82) is 0 Å². The summed E-state index contributed by atoms with van der Waals surface area (Å²) in [5, 5.41) is 15.0. The molecule has 2 aromatic rings. The SMILES string of the molecule is CS(=O)(=O)O[C@@H]1C[C@@H](CN2CCn3nccc32)N(C(=O)OCc2ccc([N+](=O)[O-])cc2)C1. The maximum Gasteiger partial charge on any atom is 0.410 e. The van der Waals surface area contributed by atoms with Gasteiger partial charge in [-0.2, -0.15) is 13.5 Å². The Hall–Kier alpha value is -3.19. The average molecular weight is 465 g/mol. The number of likely N-dealkylation sites (tertiary alicyclic amines) is 1. The summed E-state index contributed by atoms with van der Waals surface area (Å²) in [6.07, 6.45) is 1.79. The van der Waals surface area contributed by atoms with E-state index in [0.29, 0.717) is 18.5 Å². The third-order valence-corrected chi connectivity index (χ3v) is 6.08. The van der Waals surface area contributed by atoms with Gasteiger partial charge in [0.25, 0.3) is 15.8 Å². The average Bonchev–Trinajstić information content (AvgIpc) is 3.43. The fourth-order valence-electron chi connectivity index (χ4n) is 4.06. The number of nitro groups is 1. The number of hydrogen-bond donors (Lipinski definition) is 0. The van der Waals surface area contributed by atoms with E-state index in [2.05, 4.69) is 10.00 Å². The fraction of sp³-hybridized carbons (Fsp3) is 0.474. The topological polar surface area (TPSA) is 137 Å². The van der Waals surface area contributed by atoms with Crippen LogP contribution in [0.4, 0.5) is 16.3 Å². The van der Waals surface area contributed by atoms with Crippen molar-refractivity contribution in [3.05, 3.63) is 52.2 Å². The maximum absolute atomic E-state index is 12.8. The molecule has 1 amide bonds. The Morgan fingerprint density at radius 2 is 2.00 bits per heavy atom. The molecule has 0 saturated carbocycles. The van der Waals surface area contributed by atoms with Crippen molar-refractivity contribution >= 4 is 27.7 Å². The Balaban J connectivity index is 1.43. The van der Waals surface area contributed by atoms with Gasteiger partial charge in [-0.3, -0.25) is 14.3 Å². The number of nitro benzene ring substituents is 1. The number of amides is 1. The molecule has 0 unspecified atom stereocenters. The first-order valence-corrected chi connectivity index (χ1v) is 11.8. The van der Waals surface area contributed by atoms with Crippen molar-refractivity contribution in [1.82, 2.24) is 14.7 Å². The molecule has 2 aliphatic heterocycles. The molecule has 4 rings (SSSR count). The number of carbonyl (C=O) groups excluding carboxylic acids is 1. The Morgan fingerprint density at radius 3 is 2.69 bits per heavy atom. The van der Waals surface area contributed by atoms with Crippen LogP contribution in [0, 0.1) is 10.1 Å². The van der Waals surface area contributed by atoms with E-state index in [1.807, 2.05) is 10.7 Å². The van der Waals surface area contributed by atoms with Crippen molar-refractivity contribution in [3.8, 4) is 0 Å². The molecule has 2 atom stereocenters. The van der Waals surface area contributed by atoms with Crippen LogP contribution in [0.5, 0.6) is 0 Å². The number of aromatic nitrogens is 2. The van der Waals surface area contributed by atoms with E-state index in [9.17, 15) is 23.3 Å². The highest BCUT2D eigenvalue weighted by Gasteiger charge is 2.40. The number of benzene rings is 1. The summed E-state index contributed by atoms with van der Waals surface area (Å²) in [6.45, 7) is 1.99. The monoisotopic (exact) mass is 465 g/mol. The lowest BCUT2D eigenvalue weighted by Crippen LogP contribution is -2.43. The zero-order chi connectivity index (χ0) is 22.9. The van der Waals surface area contributed by atoms with E-state index in [4.69, 9.17) is 8.92 Å². The van der Waals surface area contributed by atoms with E-state index in [0.717, 1.165) is 25.2 Å². The van der Waals surface area contributed by atoms with Crippen LogP contribution < -0.4 is 4.90 Å². The molecule has 1 saturated heterocycles. The molecule has 172 valence electrons. The lowest BCUT2D eigenvalue weighted by Gasteiger charge is -2.28. The molecule has 13 heteroatoms. The molecule has 0 bridgehead atoms. The number of nitrogens with zero attached hydrogens (tertiary/aromatic N) is 5. The number of anilines is 1. The maximum atomic E-state index is 12.8. The predicted molar refractivity (Wildman–Crippen MR) is 113 cm³/mol. The second kappa shape index (κ2) is 8.74. The van der Waals surface area contributed by atoms with E-state index < -0.39 is 27.2 Å². The Bertz CT molecular complexity index is 1100. The number of non-ortho nitro benzene ring substituents is 1. The molecular weight excluding hydrogens is 442 g/mol. The van der Waals surface area contributed by atoms with E-state index in [1.54, 1.807) is 6.20 Å². The third kappa shape index (κ3) is 4.99. The van der Waals surface area contributed by atoms with Crippen LogP contribution in [-0.4, -0.2) is 72.2 Å². The molecule has 1 fully saturated rings. The second-order valence-electron chi connectivity index (χ2n) is 7.80. The molecule has 0 radical (unpaired) electrons. The summed E-state index contributed by atoms with van der Waals surface area (Å²) in [5.74, 6) is 0.941. The summed E-state index contributed by atoms with van der Waals surface area (Å²) in [4.78, 5) is 26.7. The van der Waals surface area contributed by atoms with Crippen molar-refractivity contribution in [2.45, 2.75) is 31.7 Å². The Kier molecular flexibility index (Phi) is 6.02. The fourth-order valence-corrected chi connectivity index (χ4v) is 4.70. The third-order valence-electron chi connectivity index (χ3n) is 5.46. The minimum absolute atomic E-state index is 0.0506. The lowest BCUT2D eigenvalue weighted by molar-refractivity contribution is -0.384. The Morgan fingerprint density at radius 1 is 1.25 bits per heavy atom. The summed E-state index contributed by atoms with van der Waals surface area (Å²) in [7, 11) is -3.67. The van der Waals surface area contributed by atoms with E-state index in [-0.39, 0.29) is 24.9 Å². The van der Waals surface area contributed by atoms with Crippen LogP contribution in [0.25, 0.3) is 0 Å². The normalized spacial score (nSPS) is 20.4. The number of hydrogen-bond acceptors (Lipinski definition) is 9. The van der Waals surface area contributed by atoms with Gasteiger partial charge in [0.1, 0.15) is 12.4 Å². The highest BCUT2D eigenvalue weighted by molar-refractivity contribution is 7.86. The van der Waals surface area contributed by atoms with Gasteiger partial charge in [0, 0.05) is 31.3 Å². The largest absolute Gasteiger partial charge is 0.445 e. The van der Waals surface area contributed by atoms with Gasteiger partial charge in [0.05, 0.1) is 42.6 Å². The molecule has 0 spiro atoms. The van der Waals surface area contributed by atoms with Crippen molar-refractivity contribution in [3.63, 3.8) is 0 Å². The van der Waals surface area contributed by atoms with Crippen molar-refractivity contribution in [2.24, 2.45) is 0 Å².